The molecule has 0 spiro atoms. The summed E-state index contributed by atoms with van der Waals surface area (Å²) in [6.07, 6.45) is 13.0. The monoisotopic (exact) mass is 859 g/mol. The van der Waals surface area contributed by atoms with Crippen LogP contribution in [0.3, 0.4) is 0 Å². The molecule has 5 aromatic heterocycles. The molecule has 5 aromatic rings. The highest BCUT2D eigenvalue weighted by Gasteiger charge is 2.40. The van der Waals surface area contributed by atoms with Gasteiger partial charge in [-0.3, -0.25) is 24.3 Å². The van der Waals surface area contributed by atoms with Crippen LogP contribution in [0.15, 0.2) is 67.5 Å². The van der Waals surface area contributed by atoms with Crippen molar-refractivity contribution in [1.82, 2.24) is 44.8 Å². The van der Waals surface area contributed by atoms with Gasteiger partial charge >= 0.3 is 6.03 Å². The quantitative estimate of drug-likeness (QED) is 0.122. The number of hydrogen-bond acceptors (Lipinski definition) is 11. The maximum Gasteiger partial charge on any atom is 0.323 e. The normalized spacial score (nSPS) is 22.2. The van der Waals surface area contributed by atoms with Gasteiger partial charge in [-0.05, 0) is 73.8 Å². The summed E-state index contributed by atoms with van der Waals surface area (Å²) in [5, 5.41) is 22.1. The number of likely N-dealkylation sites (tertiary alicyclic amines) is 2. The number of carbonyl (C=O) groups excluding carboxylic acids is 4. The van der Waals surface area contributed by atoms with Crippen LogP contribution < -0.4 is 20.9 Å². The number of hydrogen-bond donors (Lipinski definition) is 4. The van der Waals surface area contributed by atoms with Crippen molar-refractivity contribution >= 4 is 64.0 Å². The van der Waals surface area contributed by atoms with Crippen LogP contribution in [0.2, 0.25) is 0 Å². The zero-order valence-corrected chi connectivity index (χ0v) is 34.6. The van der Waals surface area contributed by atoms with E-state index in [4.69, 9.17) is 5.41 Å². The van der Waals surface area contributed by atoms with Crippen molar-refractivity contribution in [2.75, 3.05) is 54.8 Å². The molecule has 9 rings (SSSR count). The number of anilines is 4. The lowest BCUT2D eigenvalue weighted by molar-refractivity contribution is -0.119. The number of pyridine rings is 4. The number of nitrogens with one attached hydrogen (secondary N) is 4. The Hall–Kier alpha value is -6.92. The number of nitrogens with zero attached hydrogens (tertiary/aromatic N) is 9. The van der Waals surface area contributed by atoms with Gasteiger partial charge in [0.25, 0.3) is 17.7 Å². The molecule has 17 nitrogen and oxygen atoms in total. The van der Waals surface area contributed by atoms with Crippen LogP contribution in [0, 0.1) is 29.1 Å². The zero-order chi connectivity index (χ0) is 43.8. The molecule has 8 heterocycles. The van der Waals surface area contributed by atoms with Gasteiger partial charge in [0.1, 0.15) is 11.6 Å². The van der Waals surface area contributed by atoms with E-state index in [9.17, 15) is 28.0 Å². The van der Waals surface area contributed by atoms with Crippen LogP contribution in [-0.4, -0.2) is 115 Å². The Balaban J connectivity index is 0.769. The molecule has 1 aliphatic carbocycles. The molecule has 4 aliphatic rings. The van der Waals surface area contributed by atoms with Gasteiger partial charge in [0, 0.05) is 87.6 Å². The van der Waals surface area contributed by atoms with Crippen molar-refractivity contribution in [3.8, 4) is 5.69 Å². The fourth-order valence-corrected chi connectivity index (χ4v) is 9.45. The number of amides is 5. The van der Waals surface area contributed by atoms with Crippen molar-refractivity contribution < 1.29 is 28.0 Å². The number of urea groups is 1. The third kappa shape index (κ3) is 8.63. The van der Waals surface area contributed by atoms with Gasteiger partial charge in [0.2, 0.25) is 5.91 Å². The maximum absolute atomic E-state index is 13.8. The summed E-state index contributed by atoms with van der Waals surface area (Å²) in [7, 11) is 0. The molecule has 4 N–H and O–H groups in total. The van der Waals surface area contributed by atoms with Crippen molar-refractivity contribution in [2.45, 2.75) is 51.4 Å². The van der Waals surface area contributed by atoms with Crippen LogP contribution in [0.4, 0.5) is 36.6 Å². The SMILES string of the molecule is C[C@@H]1CN(C(=O)c2cnc3c(cnn3-c3ccc(N4CCNC4=O)nc3)c2)CCC1C1CCC(C(=O)Nc2cncc(Nc3ncc(C(=O)N4CCC(F)(F)CC4)cc3C=N)c2)C1. The van der Waals surface area contributed by atoms with Crippen molar-refractivity contribution in [3.63, 3.8) is 0 Å². The van der Waals surface area contributed by atoms with Crippen LogP contribution in [0.5, 0.6) is 0 Å². The number of piperidine rings is 2. The topological polar surface area (TPSA) is 207 Å². The summed E-state index contributed by atoms with van der Waals surface area (Å²) >= 11 is 0. The molecule has 19 heteroatoms. The van der Waals surface area contributed by atoms with E-state index in [1.54, 1.807) is 52.7 Å². The Morgan fingerprint density at radius 2 is 1.65 bits per heavy atom. The predicted molar refractivity (Wildman–Crippen MR) is 230 cm³/mol. The molecule has 3 aliphatic heterocycles. The lowest BCUT2D eigenvalue weighted by Gasteiger charge is -2.40. The van der Waals surface area contributed by atoms with Gasteiger partial charge in [-0.1, -0.05) is 6.92 Å². The second-order valence-electron chi connectivity index (χ2n) is 16.9. The molecule has 4 fully saturated rings. The number of halogens is 2. The van der Waals surface area contributed by atoms with Gasteiger partial charge in [0.05, 0.1) is 53.0 Å². The van der Waals surface area contributed by atoms with Crippen molar-refractivity contribution in [1.29, 1.82) is 5.41 Å². The Kier molecular flexibility index (Phi) is 11.2. The third-order valence-electron chi connectivity index (χ3n) is 12.8. The highest BCUT2D eigenvalue weighted by molar-refractivity contribution is 5.98. The average molecular weight is 860 g/mol. The van der Waals surface area contributed by atoms with Gasteiger partial charge in [-0.25, -0.2) is 33.2 Å². The number of rotatable bonds is 10. The second-order valence-corrected chi connectivity index (χ2v) is 16.9. The molecule has 326 valence electrons. The number of aromatic nitrogens is 6. The lowest BCUT2D eigenvalue weighted by atomic mass is 9.76. The molecule has 5 amide bonds. The van der Waals surface area contributed by atoms with Crippen LogP contribution in [0.1, 0.15) is 71.7 Å². The first-order valence-corrected chi connectivity index (χ1v) is 21.3. The van der Waals surface area contributed by atoms with E-state index in [0.29, 0.717) is 83.5 Å². The van der Waals surface area contributed by atoms with Crippen LogP contribution >= 0.6 is 0 Å². The van der Waals surface area contributed by atoms with E-state index in [-0.39, 0.29) is 61.2 Å². The molecule has 0 radical (unpaired) electrons. The molecule has 3 unspecified atom stereocenters. The van der Waals surface area contributed by atoms with Crippen molar-refractivity contribution in [3.05, 3.63) is 84.2 Å². The third-order valence-corrected chi connectivity index (χ3v) is 12.8. The standard InChI is InChI=1S/C44H47F2N13O4/c1-26-25-57(42(62)32-16-30-21-53-59(39(30)52-20-32)35-4-5-37(50-24-35)58-13-9-49-43(58)63)10-6-36(26)27-2-3-28(14-27)40(60)55-34-17-33(22-48-23-34)54-38-29(18-47)15-31(19-51-38)41(61)56-11-7-44(45,46)8-12-56/h4-5,15-24,26-28,36,47H,2-3,6-14,25H2,1H3,(H,49,63)(H,51,54)(H,55,60)/t26-,27?,28?,36?/m1/s1. The average Bonchev–Trinajstić information content (AvgIpc) is 4.06. The molecule has 0 aromatic carbocycles. The minimum Gasteiger partial charge on any atom is -0.338 e. The van der Waals surface area contributed by atoms with E-state index in [2.05, 4.69) is 47.9 Å². The van der Waals surface area contributed by atoms with Crippen LogP contribution in [-0.2, 0) is 4.79 Å². The number of alkyl halides is 2. The molecule has 4 atom stereocenters. The Morgan fingerprint density at radius 3 is 2.40 bits per heavy atom. The summed E-state index contributed by atoms with van der Waals surface area (Å²) in [6, 6.07) is 8.48. The van der Waals surface area contributed by atoms with E-state index in [1.807, 2.05) is 17.0 Å². The Bertz CT molecular complexity index is 2580. The number of carbonyl (C=O) groups is 4. The molecular formula is C44H47F2N13O4. The van der Waals surface area contributed by atoms with E-state index in [0.717, 1.165) is 37.3 Å². The zero-order valence-electron chi connectivity index (χ0n) is 34.6. The maximum atomic E-state index is 13.8. The minimum atomic E-state index is -2.77. The smallest absolute Gasteiger partial charge is 0.323 e. The first-order chi connectivity index (χ1) is 30.4. The first kappa shape index (κ1) is 41.4. The van der Waals surface area contributed by atoms with Gasteiger partial charge in [-0.2, -0.15) is 5.10 Å². The summed E-state index contributed by atoms with van der Waals surface area (Å²) in [6.45, 7) is 4.44. The Labute approximate surface area is 361 Å². The predicted octanol–water partition coefficient (Wildman–Crippen LogP) is 5.90. The summed E-state index contributed by atoms with van der Waals surface area (Å²) < 4.78 is 28.9. The lowest BCUT2D eigenvalue weighted by Crippen LogP contribution is -2.44. The van der Waals surface area contributed by atoms with E-state index < -0.39 is 11.8 Å². The van der Waals surface area contributed by atoms with Gasteiger partial charge in [-0.15, -0.1) is 0 Å². The van der Waals surface area contributed by atoms with E-state index in [1.165, 1.54) is 17.2 Å². The Morgan fingerprint density at radius 1 is 0.873 bits per heavy atom. The first-order valence-electron chi connectivity index (χ1n) is 21.3. The number of fused-ring (bicyclic) bond motifs is 1. The fraction of sp³-hybridized carbons (Fsp3) is 0.409. The van der Waals surface area contributed by atoms with Gasteiger partial charge in [0.15, 0.2) is 5.65 Å². The highest BCUT2D eigenvalue weighted by atomic mass is 19.3. The minimum absolute atomic E-state index is 0.0496. The molecule has 0 bridgehead atoms. The molecule has 1 saturated carbocycles. The molecular weight excluding hydrogens is 813 g/mol. The summed E-state index contributed by atoms with van der Waals surface area (Å²) in [5.74, 6) is -1.67. The van der Waals surface area contributed by atoms with E-state index >= 15 is 0 Å². The molecule has 3 saturated heterocycles. The molecule has 63 heavy (non-hydrogen) atoms. The summed E-state index contributed by atoms with van der Waals surface area (Å²) in [5.41, 5.74) is 3.32. The van der Waals surface area contributed by atoms with Crippen molar-refractivity contribution in [2.24, 2.45) is 23.7 Å². The van der Waals surface area contributed by atoms with Crippen LogP contribution in [0.25, 0.3) is 16.7 Å². The second kappa shape index (κ2) is 17.1. The largest absolute Gasteiger partial charge is 0.338 e. The summed E-state index contributed by atoms with van der Waals surface area (Å²) in [4.78, 5) is 74.9. The van der Waals surface area contributed by atoms with Gasteiger partial charge < -0.3 is 31.2 Å². The highest BCUT2D eigenvalue weighted by Crippen LogP contribution is 2.43. The fourth-order valence-electron chi connectivity index (χ4n) is 9.45.